The molecule has 0 aliphatic carbocycles. The second-order valence-electron chi connectivity index (χ2n) is 7.45. The Morgan fingerprint density at radius 2 is 2.00 bits per heavy atom. The first-order valence-corrected chi connectivity index (χ1v) is 11.5. The fourth-order valence-corrected chi connectivity index (χ4v) is 4.29. The number of rotatable bonds is 6. The zero-order chi connectivity index (χ0) is 22.7. The number of phenolic OH excluding ortho intramolecular Hbond substituents is 1. The van der Waals surface area contributed by atoms with Gasteiger partial charge in [-0.25, -0.2) is 9.48 Å². The lowest BCUT2D eigenvalue weighted by atomic mass is 9.89. The number of fused-ring (bicyclic) bond motifs is 1. The van der Waals surface area contributed by atoms with Crippen molar-refractivity contribution in [2.75, 3.05) is 23.7 Å². The first-order valence-electron chi connectivity index (χ1n) is 9.93. The second kappa shape index (κ2) is 9.25. The Morgan fingerprint density at radius 3 is 2.78 bits per heavy atom. The van der Waals surface area contributed by atoms with Crippen LogP contribution in [0, 0.1) is 0 Å². The van der Waals surface area contributed by atoms with Crippen LogP contribution in [0.3, 0.4) is 0 Å². The number of halogens is 2. The average molecular weight is 562 g/mol. The van der Waals surface area contributed by atoms with Crippen molar-refractivity contribution in [1.82, 2.24) is 20.4 Å². The molecule has 166 valence electrons. The number of amides is 2. The molecule has 1 aliphatic rings. The van der Waals surface area contributed by atoms with E-state index < -0.39 is 5.54 Å². The smallest absolute Gasteiger partial charge is 0.319 e. The molecule has 0 saturated carbocycles. The number of nitrogens with zero attached hydrogens (tertiary/aromatic N) is 2. The van der Waals surface area contributed by atoms with Crippen molar-refractivity contribution in [3.63, 3.8) is 0 Å². The zero-order valence-corrected chi connectivity index (χ0v) is 20.4. The topological polar surface area (TPSA) is 103 Å². The van der Waals surface area contributed by atoms with Gasteiger partial charge in [-0.05, 0) is 53.2 Å². The molecule has 0 radical (unpaired) electrons. The summed E-state index contributed by atoms with van der Waals surface area (Å²) in [6.45, 7) is 2.86. The van der Waals surface area contributed by atoms with Gasteiger partial charge in [0.1, 0.15) is 17.4 Å². The monoisotopic (exact) mass is 560 g/mol. The average Bonchev–Trinajstić information content (AvgIpc) is 3.12. The number of hydrogen-bond donors (Lipinski definition) is 5. The van der Waals surface area contributed by atoms with Crippen molar-refractivity contribution in [2.45, 2.75) is 12.5 Å². The van der Waals surface area contributed by atoms with Crippen LogP contribution in [0.5, 0.6) is 5.75 Å². The molecule has 8 nitrogen and oxygen atoms in total. The minimum Gasteiger partial charge on any atom is -0.508 e. The van der Waals surface area contributed by atoms with Crippen molar-refractivity contribution in [1.29, 1.82) is 0 Å². The number of carbonyl (C=O) groups excluding carboxylic acids is 1. The minimum absolute atomic E-state index is 0.202. The van der Waals surface area contributed by atoms with Crippen LogP contribution in [0.15, 0.2) is 69.7 Å². The van der Waals surface area contributed by atoms with Gasteiger partial charge in [-0.3, -0.25) is 0 Å². The molecule has 3 aromatic rings. The van der Waals surface area contributed by atoms with Gasteiger partial charge in [0.25, 0.3) is 0 Å². The minimum atomic E-state index is -0.669. The van der Waals surface area contributed by atoms with E-state index in [1.807, 2.05) is 49.4 Å². The number of hydrogen-bond acceptors (Lipinski definition) is 5. The molecule has 10 heteroatoms. The summed E-state index contributed by atoms with van der Waals surface area (Å²) < 4.78 is 3.44. The molecule has 0 saturated heterocycles. The number of aromatic nitrogens is 2. The summed E-state index contributed by atoms with van der Waals surface area (Å²) in [6, 6.07) is 14.3. The van der Waals surface area contributed by atoms with E-state index in [-0.39, 0.29) is 11.8 Å². The molecule has 1 unspecified atom stereocenters. The molecule has 2 amide bonds. The highest BCUT2D eigenvalue weighted by Gasteiger charge is 2.34. The number of urea groups is 1. The maximum absolute atomic E-state index is 12.2. The molecule has 2 aromatic carbocycles. The van der Waals surface area contributed by atoms with Crippen LogP contribution in [0.2, 0.25) is 0 Å². The van der Waals surface area contributed by atoms with Crippen molar-refractivity contribution in [3.8, 4) is 5.75 Å². The molecule has 1 aromatic heterocycles. The van der Waals surface area contributed by atoms with E-state index in [1.165, 1.54) is 0 Å². The van der Waals surface area contributed by atoms with Gasteiger partial charge in [0.2, 0.25) is 0 Å². The van der Waals surface area contributed by atoms with E-state index in [1.54, 1.807) is 23.0 Å². The number of nitrogens with one attached hydrogen (secondary N) is 4. The van der Waals surface area contributed by atoms with E-state index in [9.17, 15) is 9.90 Å². The highest BCUT2D eigenvalue weighted by atomic mass is 79.9. The van der Waals surface area contributed by atoms with E-state index in [0.29, 0.717) is 18.8 Å². The van der Waals surface area contributed by atoms with Gasteiger partial charge in [-0.1, -0.05) is 40.2 Å². The maximum atomic E-state index is 12.2. The van der Waals surface area contributed by atoms with Crippen LogP contribution in [0.25, 0.3) is 5.82 Å². The lowest BCUT2D eigenvalue weighted by molar-refractivity contribution is 0.252. The van der Waals surface area contributed by atoms with Gasteiger partial charge in [-0.15, -0.1) is 0 Å². The Morgan fingerprint density at radius 1 is 1.19 bits per heavy atom. The van der Waals surface area contributed by atoms with Gasteiger partial charge in [0.05, 0.1) is 16.2 Å². The number of benzene rings is 2. The van der Waals surface area contributed by atoms with Gasteiger partial charge >= 0.3 is 6.03 Å². The second-order valence-corrected chi connectivity index (χ2v) is 9.22. The lowest BCUT2D eigenvalue weighted by Gasteiger charge is -2.35. The predicted octanol–water partition coefficient (Wildman–Crippen LogP) is 4.66. The molecule has 1 aliphatic heterocycles. The molecule has 0 fully saturated rings. The van der Waals surface area contributed by atoms with Crippen LogP contribution in [0.4, 0.5) is 16.3 Å². The molecule has 0 bridgehead atoms. The molecule has 4 rings (SSSR count). The summed E-state index contributed by atoms with van der Waals surface area (Å²) in [4.78, 5) is 12.2. The Labute approximate surface area is 202 Å². The van der Waals surface area contributed by atoms with Crippen LogP contribution >= 0.6 is 31.9 Å². The summed E-state index contributed by atoms with van der Waals surface area (Å²) in [5.41, 5.74) is 0.776. The first-order chi connectivity index (χ1) is 15.4. The molecule has 2 heterocycles. The Kier molecular flexibility index (Phi) is 6.43. The number of anilines is 2. The third-order valence-electron chi connectivity index (χ3n) is 5.02. The van der Waals surface area contributed by atoms with E-state index in [0.717, 1.165) is 26.1 Å². The summed E-state index contributed by atoms with van der Waals surface area (Å²) in [5.74, 6) is 1.71. The largest absolute Gasteiger partial charge is 0.508 e. The Hall–Kier alpha value is -2.98. The molecule has 0 spiro atoms. The van der Waals surface area contributed by atoms with E-state index in [2.05, 4.69) is 58.2 Å². The van der Waals surface area contributed by atoms with Crippen molar-refractivity contribution >= 4 is 55.2 Å². The number of aromatic hydroxyl groups is 1. The lowest BCUT2D eigenvalue weighted by Crippen LogP contribution is -2.39. The highest BCUT2D eigenvalue weighted by Crippen LogP contribution is 2.40. The highest BCUT2D eigenvalue weighted by molar-refractivity contribution is 9.10. The maximum Gasteiger partial charge on any atom is 0.319 e. The van der Waals surface area contributed by atoms with Gasteiger partial charge < -0.3 is 26.4 Å². The van der Waals surface area contributed by atoms with Crippen LogP contribution < -0.4 is 21.3 Å². The predicted molar refractivity (Wildman–Crippen MR) is 132 cm³/mol. The molecular formula is C22H22Br2N6O2. The standard InChI is InChI=1S/C22H22Br2N6O2/c1-22(16-7-2-3-8-18(16)31)12-19(30-20(29-22)17(24)13-27-30)25-9-10-26-21(32)28-15-6-4-5-14(23)11-15/h2-8,11-13,25,29,31H,9-10H2,1H3,(H2,26,28,32). The molecule has 32 heavy (non-hydrogen) atoms. The van der Waals surface area contributed by atoms with Crippen LogP contribution in [-0.2, 0) is 5.54 Å². The summed E-state index contributed by atoms with van der Waals surface area (Å²) in [6.07, 6.45) is 3.67. The molecular weight excluding hydrogens is 540 g/mol. The third-order valence-corrected chi connectivity index (χ3v) is 6.09. The Bertz CT molecular complexity index is 1180. The summed E-state index contributed by atoms with van der Waals surface area (Å²) in [5, 5.41) is 27.2. The fraction of sp³-hybridized carbons (Fsp3) is 0.182. The zero-order valence-electron chi connectivity index (χ0n) is 17.2. The van der Waals surface area contributed by atoms with Crippen molar-refractivity contribution in [2.24, 2.45) is 0 Å². The normalized spacial score (nSPS) is 17.0. The van der Waals surface area contributed by atoms with Crippen molar-refractivity contribution < 1.29 is 9.90 Å². The van der Waals surface area contributed by atoms with Crippen LogP contribution in [0.1, 0.15) is 12.5 Å². The number of para-hydroxylation sites is 1. The van der Waals surface area contributed by atoms with Crippen LogP contribution in [-0.4, -0.2) is 34.0 Å². The van der Waals surface area contributed by atoms with Gasteiger partial charge in [-0.2, -0.15) is 5.10 Å². The SMILES string of the molecule is CC1(c2ccccc2O)C=C(NCCNC(=O)Nc2cccc(Br)c2)n2ncc(Br)c2N1. The summed E-state index contributed by atoms with van der Waals surface area (Å²) >= 11 is 6.91. The van der Waals surface area contributed by atoms with E-state index in [4.69, 9.17) is 0 Å². The quantitative estimate of drug-likeness (QED) is 0.282. The number of carbonyl (C=O) groups is 1. The Balaban J connectivity index is 1.44. The van der Waals surface area contributed by atoms with Gasteiger partial charge in [0, 0.05) is 28.8 Å². The molecule has 5 N–H and O–H groups in total. The van der Waals surface area contributed by atoms with Gasteiger partial charge in [0.15, 0.2) is 0 Å². The first kappa shape index (κ1) is 22.2. The third kappa shape index (κ3) is 4.76. The number of phenols is 1. The molecule has 1 atom stereocenters. The summed E-state index contributed by atoms with van der Waals surface area (Å²) in [7, 11) is 0. The van der Waals surface area contributed by atoms with E-state index >= 15 is 0 Å². The fourth-order valence-electron chi connectivity index (χ4n) is 3.53. The van der Waals surface area contributed by atoms with Crippen molar-refractivity contribution in [3.05, 3.63) is 75.3 Å².